The van der Waals surface area contributed by atoms with Crippen molar-refractivity contribution in [2.75, 3.05) is 0 Å². The number of carbonyl (C=O) groups is 1. The Labute approximate surface area is 54.4 Å². The van der Waals surface area contributed by atoms with Gasteiger partial charge in [-0.1, -0.05) is 19.6 Å². The molecule has 0 unspecified atom stereocenters. The quantitative estimate of drug-likeness (QED) is 0.597. The van der Waals surface area contributed by atoms with Gasteiger partial charge in [-0.15, -0.1) is 0 Å². The third-order valence-electron chi connectivity index (χ3n) is 0.633. The van der Waals surface area contributed by atoms with Gasteiger partial charge in [0.25, 0.3) is 0 Å². The molecule has 3 heteroatoms. The Kier molecular flexibility index (Phi) is 4.26. The highest BCUT2D eigenvalue weighted by molar-refractivity contribution is 7.83. The summed E-state index contributed by atoms with van der Waals surface area (Å²) in [4.78, 5) is 10.4. The predicted molar refractivity (Wildman–Crippen MR) is 35.2 cm³/mol. The van der Waals surface area contributed by atoms with Crippen molar-refractivity contribution in [2.45, 2.75) is 13.3 Å². The zero-order valence-electron chi connectivity index (χ0n) is 4.68. The van der Waals surface area contributed by atoms with Crippen LogP contribution in [0.1, 0.15) is 13.3 Å². The maximum Gasteiger partial charge on any atom is 0.223 e. The van der Waals surface area contributed by atoms with Gasteiger partial charge < -0.3 is 5.32 Å². The van der Waals surface area contributed by atoms with E-state index >= 15 is 0 Å². The minimum Gasteiger partial charge on any atom is -0.332 e. The van der Waals surface area contributed by atoms with Crippen LogP contribution in [0.4, 0.5) is 0 Å². The number of amides is 1. The molecule has 0 bridgehead atoms. The van der Waals surface area contributed by atoms with Crippen molar-refractivity contribution in [1.82, 2.24) is 5.32 Å². The Balaban J connectivity index is 3.25. The van der Waals surface area contributed by atoms with E-state index in [1.165, 1.54) is 11.6 Å². The molecule has 0 aromatic rings. The second-order valence-corrected chi connectivity index (χ2v) is 1.50. The van der Waals surface area contributed by atoms with Crippen LogP contribution in [0.2, 0.25) is 0 Å². The lowest BCUT2D eigenvalue weighted by Crippen LogP contribution is -2.14. The molecule has 0 atom stereocenters. The Morgan fingerprint density at radius 2 is 2.50 bits per heavy atom. The van der Waals surface area contributed by atoms with E-state index in [0.717, 1.165) is 0 Å². The highest BCUT2D eigenvalue weighted by Gasteiger charge is 1.87. The van der Waals surface area contributed by atoms with Crippen molar-refractivity contribution in [2.24, 2.45) is 0 Å². The highest BCUT2D eigenvalue weighted by atomic mass is 32.1. The van der Waals surface area contributed by atoms with Crippen LogP contribution in [0.5, 0.6) is 0 Å². The molecule has 1 amide bonds. The summed E-state index contributed by atoms with van der Waals surface area (Å²) in [7, 11) is 0. The van der Waals surface area contributed by atoms with Crippen LogP contribution in [0.15, 0.2) is 11.6 Å². The van der Waals surface area contributed by atoms with Gasteiger partial charge >= 0.3 is 0 Å². The van der Waals surface area contributed by atoms with Crippen LogP contribution in [0.25, 0.3) is 0 Å². The first-order chi connectivity index (χ1) is 3.81. The van der Waals surface area contributed by atoms with Gasteiger partial charge in [-0.3, -0.25) is 4.79 Å². The van der Waals surface area contributed by atoms with Gasteiger partial charge in [0, 0.05) is 18.0 Å². The SMILES string of the molecule is CCC(=O)N/C=C\[S]. The number of hydrogen-bond acceptors (Lipinski definition) is 1. The van der Waals surface area contributed by atoms with Crippen molar-refractivity contribution in [3.05, 3.63) is 11.6 Å². The lowest BCUT2D eigenvalue weighted by atomic mass is 10.5. The molecule has 2 nitrogen and oxygen atoms in total. The average Bonchev–Trinajstić information content (AvgIpc) is 1.83. The summed E-state index contributed by atoms with van der Waals surface area (Å²) < 4.78 is 0. The van der Waals surface area contributed by atoms with E-state index in [4.69, 9.17) is 0 Å². The van der Waals surface area contributed by atoms with Gasteiger partial charge in [0.05, 0.1) is 0 Å². The predicted octanol–water partition coefficient (Wildman–Crippen LogP) is 1.18. The van der Waals surface area contributed by atoms with Crippen LogP contribution in [-0.4, -0.2) is 5.91 Å². The molecule has 0 rings (SSSR count). The van der Waals surface area contributed by atoms with Crippen molar-refractivity contribution < 1.29 is 4.79 Å². The third-order valence-corrected chi connectivity index (χ3v) is 0.770. The van der Waals surface area contributed by atoms with Crippen LogP contribution in [-0.2, 0) is 4.79 Å². The Morgan fingerprint density at radius 1 is 1.88 bits per heavy atom. The first kappa shape index (κ1) is 7.43. The first-order valence-corrected chi connectivity index (χ1v) is 2.84. The molecule has 8 heavy (non-hydrogen) atoms. The molecule has 0 fully saturated rings. The molecule has 0 aliphatic heterocycles. The zero-order valence-corrected chi connectivity index (χ0v) is 5.49. The number of hydrogen-bond donors (Lipinski definition) is 1. The molecule has 0 aromatic carbocycles. The standard InChI is InChI=1S/C5H8NOS/c1-2-5(7)6-3-4-8/h3-4H,2H2,1H3,(H,6,7)/b4-3-. The minimum absolute atomic E-state index is 0.00824. The Morgan fingerprint density at radius 3 is 2.88 bits per heavy atom. The fraction of sp³-hybridized carbons (Fsp3) is 0.400. The summed E-state index contributed by atoms with van der Waals surface area (Å²) in [5.41, 5.74) is 0. The van der Waals surface area contributed by atoms with E-state index < -0.39 is 0 Å². The second-order valence-electron chi connectivity index (χ2n) is 1.22. The molecule has 0 aliphatic rings. The lowest BCUT2D eigenvalue weighted by molar-refractivity contribution is -0.119. The number of nitrogens with one attached hydrogen (secondary N) is 1. The van der Waals surface area contributed by atoms with Crippen LogP contribution in [0, 0.1) is 0 Å². The summed E-state index contributed by atoms with van der Waals surface area (Å²) in [6.07, 6.45) is 1.95. The highest BCUT2D eigenvalue weighted by Crippen LogP contribution is 1.76. The van der Waals surface area contributed by atoms with E-state index in [9.17, 15) is 4.79 Å². The van der Waals surface area contributed by atoms with Crippen LogP contribution >= 0.6 is 12.6 Å². The third kappa shape index (κ3) is 3.61. The Hall–Kier alpha value is -0.570. The molecule has 0 saturated carbocycles. The molecule has 0 saturated heterocycles. The normalized spacial score (nSPS) is 9.62. The van der Waals surface area contributed by atoms with E-state index in [1.54, 1.807) is 6.92 Å². The van der Waals surface area contributed by atoms with Crippen LogP contribution < -0.4 is 5.32 Å². The van der Waals surface area contributed by atoms with Gasteiger partial charge in [-0.25, -0.2) is 0 Å². The number of carbonyl (C=O) groups excluding carboxylic acids is 1. The summed E-state index contributed by atoms with van der Waals surface area (Å²) in [6.45, 7) is 1.78. The van der Waals surface area contributed by atoms with Crippen molar-refractivity contribution in [3.8, 4) is 0 Å². The molecule has 1 radical (unpaired) electrons. The molecule has 0 spiro atoms. The minimum atomic E-state index is -0.00824. The van der Waals surface area contributed by atoms with Gasteiger partial charge in [0.2, 0.25) is 5.91 Å². The van der Waals surface area contributed by atoms with E-state index in [0.29, 0.717) is 6.42 Å². The molecule has 0 aliphatic carbocycles. The van der Waals surface area contributed by atoms with E-state index in [-0.39, 0.29) is 5.91 Å². The van der Waals surface area contributed by atoms with E-state index in [2.05, 4.69) is 17.9 Å². The molecular weight excluding hydrogens is 122 g/mol. The van der Waals surface area contributed by atoms with Gasteiger partial charge in [0.15, 0.2) is 0 Å². The summed E-state index contributed by atoms with van der Waals surface area (Å²) in [6, 6.07) is 0. The first-order valence-electron chi connectivity index (χ1n) is 2.37. The lowest BCUT2D eigenvalue weighted by Gasteiger charge is -1.90. The summed E-state index contributed by atoms with van der Waals surface area (Å²) in [5.74, 6) is -0.00824. The fourth-order valence-electron chi connectivity index (χ4n) is 0.229. The summed E-state index contributed by atoms with van der Waals surface area (Å²) in [5, 5.41) is 3.83. The fourth-order valence-corrected chi connectivity index (χ4v) is 0.297. The van der Waals surface area contributed by atoms with Crippen molar-refractivity contribution in [3.63, 3.8) is 0 Å². The van der Waals surface area contributed by atoms with E-state index in [1.807, 2.05) is 0 Å². The van der Waals surface area contributed by atoms with Crippen molar-refractivity contribution in [1.29, 1.82) is 0 Å². The largest absolute Gasteiger partial charge is 0.332 e. The zero-order chi connectivity index (χ0) is 6.41. The molecular formula is C5H8NOS. The van der Waals surface area contributed by atoms with Gasteiger partial charge in [-0.05, 0) is 0 Å². The van der Waals surface area contributed by atoms with Gasteiger partial charge in [-0.2, -0.15) is 0 Å². The summed E-state index contributed by atoms with van der Waals surface area (Å²) >= 11 is 4.42. The van der Waals surface area contributed by atoms with Crippen molar-refractivity contribution >= 4 is 18.5 Å². The topological polar surface area (TPSA) is 29.1 Å². The maximum atomic E-state index is 10.4. The molecule has 0 heterocycles. The molecule has 1 N–H and O–H groups in total. The Bertz CT molecular complexity index is 101. The number of rotatable bonds is 2. The molecule has 0 aromatic heterocycles. The second kappa shape index (κ2) is 4.59. The molecule has 45 valence electrons. The maximum absolute atomic E-state index is 10.4. The monoisotopic (exact) mass is 130 g/mol. The smallest absolute Gasteiger partial charge is 0.223 e. The van der Waals surface area contributed by atoms with Gasteiger partial charge in [0.1, 0.15) is 0 Å². The van der Waals surface area contributed by atoms with Crippen LogP contribution in [0.3, 0.4) is 0 Å². The average molecular weight is 130 g/mol.